The molecule has 2 aromatic heterocycles. The molecule has 2 heterocycles. The van der Waals surface area contributed by atoms with Crippen molar-refractivity contribution < 1.29 is 26.3 Å². The number of alkyl halides is 6. The Bertz CT molecular complexity index is 1340. The zero-order valence-corrected chi connectivity index (χ0v) is 18.1. The van der Waals surface area contributed by atoms with Gasteiger partial charge in [-0.2, -0.15) is 26.3 Å². The lowest BCUT2D eigenvalue weighted by molar-refractivity contribution is -0.143. The van der Waals surface area contributed by atoms with E-state index in [1.165, 1.54) is 4.57 Å². The van der Waals surface area contributed by atoms with Crippen molar-refractivity contribution >= 4 is 10.9 Å². The average Bonchev–Trinajstić information content (AvgIpc) is 3.31. The molecular weight excluding hydrogens is 460 g/mol. The van der Waals surface area contributed by atoms with Crippen molar-refractivity contribution in [3.05, 3.63) is 92.8 Å². The second-order valence-corrected chi connectivity index (χ2v) is 8.05. The largest absolute Gasteiger partial charge is 0.416 e. The van der Waals surface area contributed by atoms with Gasteiger partial charge in [-0.3, -0.25) is 4.57 Å². The molecule has 10 heteroatoms. The third-order valence-corrected chi connectivity index (χ3v) is 5.83. The van der Waals surface area contributed by atoms with Gasteiger partial charge in [-0.05, 0) is 55.2 Å². The van der Waals surface area contributed by atoms with Crippen LogP contribution in [0.2, 0.25) is 0 Å². The quantitative estimate of drug-likeness (QED) is 0.322. The highest BCUT2D eigenvalue weighted by Crippen LogP contribution is 2.36. The van der Waals surface area contributed by atoms with Crippen LogP contribution in [0.1, 0.15) is 40.6 Å². The topological polar surface area (TPSA) is 53.6 Å². The summed E-state index contributed by atoms with van der Waals surface area (Å²) >= 11 is 0. The number of para-hydroxylation sites is 1. The molecule has 0 fully saturated rings. The van der Waals surface area contributed by atoms with Crippen LogP contribution in [0.3, 0.4) is 0 Å². The summed E-state index contributed by atoms with van der Waals surface area (Å²) in [5, 5.41) is 0.964. The number of H-pyrrole nitrogens is 2. The van der Waals surface area contributed by atoms with Gasteiger partial charge >= 0.3 is 18.0 Å². The van der Waals surface area contributed by atoms with Crippen molar-refractivity contribution in [1.82, 2.24) is 14.5 Å². The van der Waals surface area contributed by atoms with Crippen molar-refractivity contribution in [3.8, 4) is 0 Å². The molecule has 2 aromatic carbocycles. The van der Waals surface area contributed by atoms with Crippen LogP contribution in [-0.4, -0.2) is 14.5 Å². The van der Waals surface area contributed by atoms with E-state index in [1.54, 1.807) is 6.92 Å². The van der Waals surface area contributed by atoms with E-state index in [1.807, 2.05) is 30.5 Å². The van der Waals surface area contributed by atoms with Gasteiger partial charge in [-0.1, -0.05) is 18.2 Å². The van der Waals surface area contributed by atoms with Crippen LogP contribution >= 0.6 is 0 Å². The highest BCUT2D eigenvalue weighted by molar-refractivity contribution is 5.83. The maximum Gasteiger partial charge on any atom is 0.416 e. The molecule has 0 radical (unpaired) electrons. The van der Waals surface area contributed by atoms with Crippen LogP contribution in [0.4, 0.5) is 26.3 Å². The minimum atomic E-state index is -4.91. The number of benzene rings is 2. The number of hydrogen-bond donors (Lipinski definition) is 2. The van der Waals surface area contributed by atoms with Crippen molar-refractivity contribution in [2.75, 3.05) is 0 Å². The molecule has 0 aliphatic carbocycles. The normalized spacial score (nSPS) is 12.6. The standard InChI is InChI=1S/C24H21F6N3O/c1-2-33-21(8-7-14-9-16(23(25,26)27)12-17(10-14)24(28,29)30)20(32-22(33)34)11-15-13-31-19-6-4-3-5-18(15)19/h3-6,9-10,12-13,31H,2,7-8,11H2,1H3,(H,32,34). The zero-order chi connectivity index (χ0) is 24.7. The maximum absolute atomic E-state index is 13.2. The summed E-state index contributed by atoms with van der Waals surface area (Å²) in [4.78, 5) is 18.4. The Hall–Kier alpha value is -3.43. The number of imidazole rings is 1. The van der Waals surface area contributed by atoms with Crippen molar-refractivity contribution in [3.63, 3.8) is 0 Å². The molecule has 0 amide bonds. The Labute approximate surface area is 190 Å². The van der Waals surface area contributed by atoms with Gasteiger partial charge in [-0.15, -0.1) is 0 Å². The number of hydrogen-bond acceptors (Lipinski definition) is 1. The number of nitrogens with one attached hydrogen (secondary N) is 2. The van der Waals surface area contributed by atoms with E-state index in [4.69, 9.17) is 0 Å². The summed E-state index contributed by atoms with van der Waals surface area (Å²) in [5.41, 5.74) is -0.191. The number of fused-ring (bicyclic) bond motifs is 1. The lowest BCUT2D eigenvalue weighted by Gasteiger charge is -2.15. The summed E-state index contributed by atoms with van der Waals surface area (Å²) < 4.78 is 80.7. The molecule has 2 N–H and O–H groups in total. The maximum atomic E-state index is 13.2. The second kappa shape index (κ2) is 8.73. The van der Waals surface area contributed by atoms with E-state index in [9.17, 15) is 31.1 Å². The first-order valence-corrected chi connectivity index (χ1v) is 10.6. The van der Waals surface area contributed by atoms with Gasteiger partial charge in [0.25, 0.3) is 0 Å². The summed E-state index contributed by atoms with van der Waals surface area (Å²) in [6, 6.07) is 9.18. The number of nitrogens with zero attached hydrogens (tertiary/aromatic N) is 1. The van der Waals surface area contributed by atoms with Gasteiger partial charge < -0.3 is 9.97 Å². The first-order valence-electron chi connectivity index (χ1n) is 10.6. The summed E-state index contributed by atoms with van der Waals surface area (Å²) in [5.74, 6) is 0. The van der Waals surface area contributed by atoms with E-state index < -0.39 is 23.5 Å². The monoisotopic (exact) mass is 481 g/mol. The summed E-state index contributed by atoms with van der Waals surface area (Å²) in [7, 11) is 0. The Morgan fingerprint density at radius 2 is 1.56 bits per heavy atom. The predicted molar refractivity (Wildman–Crippen MR) is 116 cm³/mol. The minimum absolute atomic E-state index is 0.0921. The fourth-order valence-electron chi connectivity index (χ4n) is 4.22. The number of rotatable bonds is 6. The lowest BCUT2D eigenvalue weighted by atomic mass is 9.99. The third-order valence-electron chi connectivity index (χ3n) is 5.83. The summed E-state index contributed by atoms with van der Waals surface area (Å²) in [6.07, 6.45) is -7.63. The molecule has 4 aromatic rings. The lowest BCUT2D eigenvalue weighted by Crippen LogP contribution is -2.18. The molecule has 0 aliphatic rings. The van der Waals surface area contributed by atoms with Gasteiger partial charge in [0, 0.05) is 41.5 Å². The Kier molecular flexibility index (Phi) is 6.09. The minimum Gasteiger partial charge on any atom is -0.361 e. The SMILES string of the molecule is CCn1c(CCc2cc(C(F)(F)F)cc(C(F)(F)F)c2)c(Cc2c[nH]c3ccccc23)[nH]c1=O. The molecule has 0 spiro atoms. The number of aryl methyl sites for hydroxylation is 1. The fourth-order valence-corrected chi connectivity index (χ4v) is 4.22. The van der Waals surface area contributed by atoms with E-state index in [0.29, 0.717) is 24.4 Å². The van der Waals surface area contributed by atoms with Crippen LogP contribution in [0.5, 0.6) is 0 Å². The molecule has 4 rings (SSSR count). The van der Waals surface area contributed by atoms with Crippen LogP contribution in [0, 0.1) is 0 Å². The molecule has 0 atom stereocenters. The van der Waals surface area contributed by atoms with Crippen molar-refractivity contribution in [2.45, 2.75) is 45.1 Å². The van der Waals surface area contributed by atoms with Gasteiger partial charge in [0.15, 0.2) is 0 Å². The van der Waals surface area contributed by atoms with Crippen molar-refractivity contribution in [1.29, 1.82) is 0 Å². The van der Waals surface area contributed by atoms with Gasteiger partial charge in [0.1, 0.15) is 0 Å². The first-order chi connectivity index (χ1) is 16.0. The molecule has 0 unspecified atom stereocenters. The fraction of sp³-hybridized carbons (Fsp3) is 0.292. The zero-order valence-electron chi connectivity index (χ0n) is 18.1. The van der Waals surface area contributed by atoms with Crippen LogP contribution in [0.25, 0.3) is 10.9 Å². The van der Waals surface area contributed by atoms with E-state index in [2.05, 4.69) is 9.97 Å². The molecule has 4 nitrogen and oxygen atoms in total. The van der Waals surface area contributed by atoms with Crippen LogP contribution in [0.15, 0.2) is 53.5 Å². The molecule has 0 saturated heterocycles. The third kappa shape index (κ3) is 4.76. The highest BCUT2D eigenvalue weighted by Gasteiger charge is 2.36. The van der Waals surface area contributed by atoms with Crippen LogP contribution in [-0.2, 0) is 38.2 Å². The van der Waals surface area contributed by atoms with E-state index in [-0.39, 0.29) is 30.2 Å². The molecule has 0 aliphatic heterocycles. The number of halogens is 6. The van der Waals surface area contributed by atoms with E-state index >= 15 is 0 Å². The van der Waals surface area contributed by atoms with Crippen molar-refractivity contribution in [2.24, 2.45) is 0 Å². The molecule has 34 heavy (non-hydrogen) atoms. The van der Waals surface area contributed by atoms with E-state index in [0.717, 1.165) is 28.6 Å². The van der Waals surface area contributed by atoms with Crippen LogP contribution < -0.4 is 5.69 Å². The predicted octanol–water partition coefficient (Wildman–Crippen LogP) is 6.09. The Balaban J connectivity index is 1.68. The molecule has 0 saturated carbocycles. The number of aromatic amines is 2. The average molecular weight is 481 g/mol. The Morgan fingerprint density at radius 3 is 2.18 bits per heavy atom. The summed E-state index contributed by atoms with van der Waals surface area (Å²) in [6.45, 7) is 2.06. The Morgan fingerprint density at radius 1 is 0.912 bits per heavy atom. The molecule has 0 bridgehead atoms. The molecular formula is C24H21F6N3O. The molecule has 180 valence electrons. The number of aromatic nitrogens is 3. The second-order valence-electron chi connectivity index (χ2n) is 8.05. The van der Waals surface area contributed by atoms with Gasteiger partial charge in [0.2, 0.25) is 0 Å². The smallest absolute Gasteiger partial charge is 0.361 e. The first kappa shape index (κ1) is 23.7. The van der Waals surface area contributed by atoms with Gasteiger partial charge in [-0.25, -0.2) is 4.79 Å². The van der Waals surface area contributed by atoms with Gasteiger partial charge in [0.05, 0.1) is 11.1 Å². The highest BCUT2D eigenvalue weighted by atomic mass is 19.4.